The fraction of sp³-hybridized carbons (Fsp3) is 0.211. The second kappa shape index (κ2) is 7.80. The molecule has 27 heavy (non-hydrogen) atoms. The van der Waals surface area contributed by atoms with Crippen LogP contribution in [0.4, 0.5) is 4.39 Å². The average molecular weight is 409 g/mol. The Labute approximate surface area is 162 Å². The predicted molar refractivity (Wildman–Crippen MR) is 100 cm³/mol. The van der Waals surface area contributed by atoms with E-state index in [2.05, 4.69) is 4.98 Å². The monoisotopic (exact) mass is 408 g/mol. The van der Waals surface area contributed by atoms with E-state index < -0.39 is 20.7 Å². The van der Waals surface area contributed by atoms with Crippen molar-refractivity contribution < 1.29 is 17.2 Å². The lowest BCUT2D eigenvalue weighted by Gasteiger charge is -2.21. The number of hydrogen-bond acceptors (Lipinski definition) is 4. The van der Waals surface area contributed by atoms with E-state index in [0.29, 0.717) is 22.0 Å². The molecule has 0 spiro atoms. The van der Waals surface area contributed by atoms with E-state index in [4.69, 9.17) is 16.0 Å². The summed E-state index contributed by atoms with van der Waals surface area (Å²) in [6.45, 7) is 3.33. The van der Waals surface area contributed by atoms with Gasteiger partial charge in [-0.05, 0) is 37.6 Å². The van der Waals surface area contributed by atoms with Crippen molar-refractivity contribution in [3.8, 4) is 0 Å². The Kier molecular flexibility index (Phi) is 5.64. The molecule has 8 heteroatoms. The zero-order valence-corrected chi connectivity index (χ0v) is 16.4. The molecule has 0 radical (unpaired) electrons. The Balaban J connectivity index is 2.03. The van der Waals surface area contributed by atoms with E-state index >= 15 is 0 Å². The van der Waals surface area contributed by atoms with Gasteiger partial charge in [0.1, 0.15) is 16.5 Å². The first kappa shape index (κ1) is 19.5. The van der Waals surface area contributed by atoms with E-state index in [1.807, 2.05) is 0 Å². The third-order valence-corrected chi connectivity index (χ3v) is 6.34. The normalized spacial score (nSPS) is 11.9. The van der Waals surface area contributed by atoms with E-state index in [1.165, 1.54) is 18.2 Å². The highest BCUT2D eigenvalue weighted by molar-refractivity contribution is 7.89. The number of aryl methyl sites for hydroxylation is 2. The molecule has 0 saturated heterocycles. The maximum Gasteiger partial charge on any atom is 0.246 e. The van der Waals surface area contributed by atoms with Gasteiger partial charge < -0.3 is 4.42 Å². The maximum atomic E-state index is 14.2. The molecule has 3 aromatic rings. The molecule has 3 rings (SSSR count). The molecule has 0 atom stereocenters. The van der Waals surface area contributed by atoms with Crippen molar-refractivity contribution in [3.63, 3.8) is 0 Å². The minimum atomic E-state index is -4.15. The average Bonchev–Trinajstić information content (AvgIpc) is 2.94. The van der Waals surface area contributed by atoms with Gasteiger partial charge in [0.2, 0.25) is 15.9 Å². The fourth-order valence-electron chi connectivity index (χ4n) is 2.59. The van der Waals surface area contributed by atoms with Gasteiger partial charge >= 0.3 is 0 Å². The summed E-state index contributed by atoms with van der Waals surface area (Å²) < 4.78 is 47.1. The molecule has 0 amide bonds. The lowest BCUT2D eigenvalue weighted by atomic mass is 10.2. The van der Waals surface area contributed by atoms with Crippen LogP contribution in [0.15, 0.2) is 57.8 Å². The summed E-state index contributed by atoms with van der Waals surface area (Å²) >= 11 is 6.19. The Hall–Kier alpha value is -2.22. The fourth-order valence-corrected chi connectivity index (χ4v) is 4.22. The highest BCUT2D eigenvalue weighted by Gasteiger charge is 2.29. The second-order valence-corrected chi connectivity index (χ2v) is 8.36. The summed E-state index contributed by atoms with van der Waals surface area (Å²) in [5.41, 5.74) is 1.27. The lowest BCUT2D eigenvalue weighted by molar-refractivity contribution is 0.344. The van der Waals surface area contributed by atoms with Crippen LogP contribution in [0.1, 0.15) is 22.9 Å². The molecule has 1 aromatic heterocycles. The van der Waals surface area contributed by atoms with Crippen LogP contribution in [-0.2, 0) is 23.1 Å². The largest absolute Gasteiger partial charge is 0.444 e. The highest BCUT2D eigenvalue weighted by Crippen LogP contribution is 2.26. The van der Waals surface area contributed by atoms with Crippen molar-refractivity contribution in [1.82, 2.24) is 9.29 Å². The Morgan fingerprint density at radius 1 is 1.07 bits per heavy atom. The van der Waals surface area contributed by atoms with Crippen LogP contribution in [0.2, 0.25) is 5.02 Å². The van der Waals surface area contributed by atoms with E-state index in [1.54, 1.807) is 38.1 Å². The second-order valence-electron chi connectivity index (χ2n) is 6.04. The lowest BCUT2D eigenvalue weighted by Crippen LogP contribution is -2.31. The van der Waals surface area contributed by atoms with Crippen molar-refractivity contribution in [2.45, 2.75) is 31.8 Å². The third-order valence-electron chi connectivity index (χ3n) is 4.14. The number of rotatable bonds is 6. The van der Waals surface area contributed by atoms with Crippen LogP contribution >= 0.6 is 11.6 Å². The predicted octanol–water partition coefficient (Wildman–Crippen LogP) is 4.48. The van der Waals surface area contributed by atoms with Crippen molar-refractivity contribution in [3.05, 3.63) is 82.3 Å². The molecule has 0 aliphatic carbocycles. The quantitative estimate of drug-likeness (QED) is 0.603. The molecular formula is C19H18ClFN2O3S. The Bertz CT molecular complexity index is 1050. The molecule has 0 N–H and O–H groups in total. The molecule has 0 bridgehead atoms. The van der Waals surface area contributed by atoms with Gasteiger partial charge in [-0.25, -0.2) is 17.8 Å². The minimum absolute atomic E-state index is 0.0448. The van der Waals surface area contributed by atoms with Crippen molar-refractivity contribution in [2.75, 3.05) is 0 Å². The summed E-state index contributed by atoms with van der Waals surface area (Å²) in [4.78, 5) is 3.84. The molecule has 1 heterocycles. The minimum Gasteiger partial charge on any atom is -0.444 e. The first-order valence-corrected chi connectivity index (χ1v) is 10.0. The van der Waals surface area contributed by atoms with Crippen LogP contribution in [0.25, 0.3) is 0 Å². The van der Waals surface area contributed by atoms with Gasteiger partial charge in [0.25, 0.3) is 0 Å². The van der Waals surface area contributed by atoms with Gasteiger partial charge in [0, 0.05) is 11.6 Å². The first-order valence-electron chi connectivity index (χ1n) is 8.20. The van der Waals surface area contributed by atoms with Gasteiger partial charge in [0.15, 0.2) is 0 Å². The highest BCUT2D eigenvalue weighted by atomic mass is 35.5. The standard InChI is InChI=1S/C19H18ClFN2O3S/c1-13-14(2)26-19(22-13)12-23(11-15-7-3-4-8-16(15)20)27(24,25)18-10-6-5-9-17(18)21/h3-10H,11-12H2,1-2H3. The maximum absolute atomic E-state index is 14.2. The van der Waals surface area contributed by atoms with Crippen LogP contribution in [-0.4, -0.2) is 17.7 Å². The summed E-state index contributed by atoms with van der Waals surface area (Å²) in [5.74, 6) is 0.0179. The molecule has 0 aliphatic rings. The summed E-state index contributed by atoms with van der Waals surface area (Å²) in [6.07, 6.45) is 0. The van der Waals surface area contributed by atoms with Crippen LogP contribution in [0.5, 0.6) is 0 Å². The molecule has 0 aliphatic heterocycles. The van der Waals surface area contributed by atoms with E-state index in [0.717, 1.165) is 10.4 Å². The van der Waals surface area contributed by atoms with Crippen LogP contribution in [0, 0.1) is 19.7 Å². The summed E-state index contributed by atoms with van der Waals surface area (Å²) in [5, 5.41) is 0.422. The van der Waals surface area contributed by atoms with Crippen molar-refractivity contribution in [1.29, 1.82) is 0 Å². The number of nitrogens with zero attached hydrogens (tertiary/aromatic N) is 2. The zero-order chi connectivity index (χ0) is 19.6. The Morgan fingerprint density at radius 3 is 2.37 bits per heavy atom. The summed E-state index contributed by atoms with van der Waals surface area (Å²) in [7, 11) is -4.15. The number of halogens is 2. The number of benzene rings is 2. The number of hydrogen-bond donors (Lipinski definition) is 0. The molecule has 0 saturated carbocycles. The number of aromatic nitrogens is 1. The van der Waals surface area contributed by atoms with Gasteiger partial charge in [-0.2, -0.15) is 4.31 Å². The van der Waals surface area contributed by atoms with Crippen molar-refractivity contribution in [2.24, 2.45) is 0 Å². The molecule has 0 unspecified atom stereocenters. The molecule has 0 fully saturated rings. The van der Waals surface area contributed by atoms with E-state index in [9.17, 15) is 12.8 Å². The van der Waals surface area contributed by atoms with Crippen LogP contribution < -0.4 is 0 Å². The zero-order valence-electron chi connectivity index (χ0n) is 14.8. The number of sulfonamides is 1. The smallest absolute Gasteiger partial charge is 0.246 e. The third kappa shape index (κ3) is 4.21. The number of oxazole rings is 1. The van der Waals surface area contributed by atoms with Crippen molar-refractivity contribution >= 4 is 21.6 Å². The summed E-state index contributed by atoms with van der Waals surface area (Å²) in [6, 6.07) is 12.2. The SMILES string of the molecule is Cc1nc(CN(Cc2ccccc2Cl)S(=O)(=O)c2ccccc2F)oc1C. The first-order chi connectivity index (χ1) is 12.8. The topological polar surface area (TPSA) is 63.4 Å². The van der Waals surface area contributed by atoms with E-state index in [-0.39, 0.29) is 19.0 Å². The van der Waals surface area contributed by atoms with Gasteiger partial charge in [-0.3, -0.25) is 0 Å². The van der Waals surface area contributed by atoms with Gasteiger partial charge in [-0.15, -0.1) is 0 Å². The van der Waals surface area contributed by atoms with Crippen LogP contribution in [0.3, 0.4) is 0 Å². The molecule has 5 nitrogen and oxygen atoms in total. The molecule has 142 valence electrons. The molecule has 2 aromatic carbocycles. The Morgan fingerprint density at radius 2 is 1.74 bits per heavy atom. The van der Waals surface area contributed by atoms with Gasteiger partial charge in [0.05, 0.1) is 12.2 Å². The molecular weight excluding hydrogens is 391 g/mol. The van der Waals surface area contributed by atoms with Gasteiger partial charge in [-0.1, -0.05) is 41.9 Å².